The molecule has 1 aromatic rings. The van der Waals surface area contributed by atoms with E-state index >= 15 is 0 Å². The zero-order valence-corrected chi connectivity index (χ0v) is 9.92. The third-order valence-corrected chi connectivity index (χ3v) is 2.51. The van der Waals surface area contributed by atoms with E-state index in [1.807, 2.05) is 0 Å². The second-order valence-electron chi connectivity index (χ2n) is 3.10. The van der Waals surface area contributed by atoms with Gasteiger partial charge in [-0.25, -0.2) is 4.39 Å². The van der Waals surface area contributed by atoms with Crippen molar-refractivity contribution < 1.29 is 14.2 Å². The van der Waals surface area contributed by atoms with Crippen LogP contribution in [0.2, 0.25) is 0 Å². The lowest BCUT2D eigenvalue weighted by Gasteiger charge is -2.15. The highest BCUT2D eigenvalue weighted by Crippen LogP contribution is 2.32. The molecular formula is C10H13BrFNO2. The topological polar surface area (TPSA) is 55.5 Å². The van der Waals surface area contributed by atoms with Crippen molar-refractivity contribution in [3.05, 3.63) is 28.0 Å². The average molecular weight is 278 g/mol. The maximum atomic E-state index is 13.6. The van der Waals surface area contributed by atoms with Gasteiger partial charge in [-0.3, -0.25) is 0 Å². The van der Waals surface area contributed by atoms with Crippen molar-refractivity contribution in [2.75, 3.05) is 13.7 Å². The highest BCUT2D eigenvalue weighted by Gasteiger charge is 2.18. The minimum atomic E-state index is -0.932. The molecule has 0 radical (unpaired) electrons. The van der Waals surface area contributed by atoms with Crippen molar-refractivity contribution in [1.82, 2.24) is 0 Å². The van der Waals surface area contributed by atoms with E-state index in [0.29, 0.717) is 23.2 Å². The molecule has 3 N–H and O–H groups in total. The minimum Gasteiger partial charge on any atom is -0.496 e. The van der Waals surface area contributed by atoms with Crippen LogP contribution in [0.1, 0.15) is 18.1 Å². The first kappa shape index (κ1) is 12.4. The molecule has 0 bridgehead atoms. The summed E-state index contributed by atoms with van der Waals surface area (Å²) in [6.45, 7) is 0.291. The van der Waals surface area contributed by atoms with Crippen LogP contribution in [-0.4, -0.2) is 18.8 Å². The number of hydrogen-bond donors (Lipinski definition) is 2. The van der Waals surface area contributed by atoms with Gasteiger partial charge in [-0.05, 0) is 25.1 Å². The molecule has 0 fully saturated rings. The predicted octanol–water partition coefficient (Wildman–Crippen LogP) is 1.98. The number of aliphatic hydroxyl groups excluding tert-OH is 1. The van der Waals surface area contributed by atoms with E-state index in [-0.39, 0.29) is 5.56 Å². The maximum absolute atomic E-state index is 13.6. The highest BCUT2D eigenvalue weighted by molar-refractivity contribution is 9.10. The van der Waals surface area contributed by atoms with Crippen LogP contribution in [-0.2, 0) is 0 Å². The van der Waals surface area contributed by atoms with Gasteiger partial charge in [0.05, 0.1) is 18.8 Å². The van der Waals surface area contributed by atoms with E-state index in [0.717, 1.165) is 0 Å². The molecule has 1 rings (SSSR count). The number of rotatable bonds is 4. The molecule has 0 spiro atoms. The van der Waals surface area contributed by atoms with Gasteiger partial charge in [0, 0.05) is 4.47 Å². The van der Waals surface area contributed by atoms with E-state index in [1.54, 1.807) is 6.07 Å². The molecule has 84 valence electrons. The summed E-state index contributed by atoms with van der Waals surface area (Å²) in [6, 6.07) is 2.90. The van der Waals surface area contributed by atoms with Crippen molar-refractivity contribution in [3.63, 3.8) is 0 Å². The van der Waals surface area contributed by atoms with E-state index in [4.69, 9.17) is 10.5 Å². The number of nitrogens with two attached hydrogens (primary N) is 1. The number of halogens is 2. The quantitative estimate of drug-likeness (QED) is 0.885. The van der Waals surface area contributed by atoms with Crippen LogP contribution in [0.25, 0.3) is 0 Å². The standard InChI is InChI=1S/C10H13BrFNO2/c1-15-9-5-6(11)4-7(12)10(9)8(14)2-3-13/h4-5,8,14H,2-3,13H2,1H3. The molecule has 0 saturated carbocycles. The molecule has 0 aliphatic rings. The summed E-state index contributed by atoms with van der Waals surface area (Å²) < 4.78 is 19.1. The lowest BCUT2D eigenvalue weighted by atomic mass is 10.0. The number of benzene rings is 1. The van der Waals surface area contributed by atoms with Crippen molar-refractivity contribution in [2.45, 2.75) is 12.5 Å². The summed E-state index contributed by atoms with van der Waals surface area (Å²) in [7, 11) is 1.43. The molecule has 3 nitrogen and oxygen atoms in total. The Morgan fingerprint density at radius 3 is 2.80 bits per heavy atom. The van der Waals surface area contributed by atoms with Crippen LogP contribution < -0.4 is 10.5 Å². The lowest BCUT2D eigenvalue weighted by Crippen LogP contribution is -2.09. The molecule has 0 aliphatic heterocycles. The fraction of sp³-hybridized carbons (Fsp3) is 0.400. The van der Waals surface area contributed by atoms with Crippen molar-refractivity contribution in [1.29, 1.82) is 0 Å². The zero-order valence-electron chi connectivity index (χ0n) is 8.34. The van der Waals surface area contributed by atoms with Crippen LogP contribution in [0.4, 0.5) is 4.39 Å². The summed E-state index contributed by atoms with van der Waals surface area (Å²) in [5.74, 6) is -0.176. The molecule has 15 heavy (non-hydrogen) atoms. The molecular weight excluding hydrogens is 265 g/mol. The van der Waals surface area contributed by atoms with E-state index < -0.39 is 11.9 Å². The Morgan fingerprint density at radius 2 is 2.27 bits per heavy atom. The van der Waals surface area contributed by atoms with Gasteiger partial charge in [0.25, 0.3) is 0 Å². The third-order valence-electron chi connectivity index (χ3n) is 2.05. The van der Waals surface area contributed by atoms with Gasteiger partial charge in [0.1, 0.15) is 11.6 Å². The molecule has 1 atom stereocenters. The van der Waals surface area contributed by atoms with Gasteiger partial charge < -0.3 is 15.6 Å². The largest absolute Gasteiger partial charge is 0.496 e. The van der Waals surface area contributed by atoms with Crippen LogP contribution in [0.15, 0.2) is 16.6 Å². The molecule has 0 amide bonds. The van der Waals surface area contributed by atoms with Crippen molar-refractivity contribution >= 4 is 15.9 Å². The minimum absolute atomic E-state index is 0.158. The van der Waals surface area contributed by atoms with Gasteiger partial charge in [-0.15, -0.1) is 0 Å². The number of ether oxygens (including phenoxy) is 1. The summed E-state index contributed by atoms with van der Waals surface area (Å²) in [5.41, 5.74) is 5.46. The SMILES string of the molecule is COc1cc(Br)cc(F)c1C(O)CCN. The highest BCUT2D eigenvalue weighted by atomic mass is 79.9. The van der Waals surface area contributed by atoms with Crippen molar-refractivity contribution in [3.8, 4) is 5.75 Å². The molecule has 0 aliphatic carbocycles. The Bertz CT molecular complexity index is 346. The Kier molecular flexibility index (Phi) is 4.50. The second kappa shape index (κ2) is 5.44. The average Bonchev–Trinajstić information content (AvgIpc) is 2.16. The molecule has 1 unspecified atom stereocenters. The third kappa shape index (κ3) is 2.90. The Labute approximate surface area is 96.2 Å². The van der Waals surface area contributed by atoms with Gasteiger partial charge in [-0.1, -0.05) is 15.9 Å². The Hall–Kier alpha value is -0.650. The smallest absolute Gasteiger partial charge is 0.133 e. The number of methoxy groups -OCH3 is 1. The maximum Gasteiger partial charge on any atom is 0.133 e. The lowest BCUT2D eigenvalue weighted by molar-refractivity contribution is 0.161. The van der Waals surface area contributed by atoms with Crippen LogP contribution in [0.3, 0.4) is 0 Å². The van der Waals surface area contributed by atoms with Crippen LogP contribution >= 0.6 is 15.9 Å². The summed E-state index contributed by atoms with van der Waals surface area (Å²) >= 11 is 3.15. The van der Waals surface area contributed by atoms with E-state index in [1.165, 1.54) is 13.2 Å². The summed E-state index contributed by atoms with van der Waals surface area (Å²) in [4.78, 5) is 0. The van der Waals surface area contributed by atoms with Gasteiger partial charge >= 0.3 is 0 Å². The molecule has 5 heteroatoms. The van der Waals surface area contributed by atoms with E-state index in [2.05, 4.69) is 15.9 Å². The zero-order chi connectivity index (χ0) is 11.4. The number of hydrogen-bond acceptors (Lipinski definition) is 3. The van der Waals surface area contributed by atoms with Gasteiger partial charge in [0.15, 0.2) is 0 Å². The fourth-order valence-electron chi connectivity index (χ4n) is 1.36. The normalized spacial score (nSPS) is 12.6. The first-order valence-corrected chi connectivity index (χ1v) is 5.30. The predicted molar refractivity (Wildman–Crippen MR) is 59.3 cm³/mol. The molecule has 0 saturated heterocycles. The first-order valence-electron chi connectivity index (χ1n) is 4.51. The summed E-state index contributed by atoms with van der Waals surface area (Å²) in [5, 5.41) is 9.69. The first-order chi connectivity index (χ1) is 7.10. The van der Waals surface area contributed by atoms with E-state index in [9.17, 15) is 9.50 Å². The van der Waals surface area contributed by atoms with Gasteiger partial charge in [0.2, 0.25) is 0 Å². The van der Waals surface area contributed by atoms with Crippen LogP contribution in [0.5, 0.6) is 5.75 Å². The van der Waals surface area contributed by atoms with Crippen LogP contribution in [0, 0.1) is 5.82 Å². The molecule has 0 aromatic heterocycles. The second-order valence-corrected chi connectivity index (χ2v) is 4.01. The monoisotopic (exact) mass is 277 g/mol. The summed E-state index contributed by atoms with van der Waals surface area (Å²) in [6.07, 6.45) is -0.632. The molecule has 0 heterocycles. The Balaban J connectivity index is 3.14. The van der Waals surface area contributed by atoms with Gasteiger partial charge in [-0.2, -0.15) is 0 Å². The number of aliphatic hydroxyl groups is 1. The Morgan fingerprint density at radius 1 is 1.60 bits per heavy atom. The fourth-order valence-corrected chi connectivity index (χ4v) is 1.76. The molecule has 1 aromatic carbocycles. The van der Waals surface area contributed by atoms with Crippen molar-refractivity contribution in [2.24, 2.45) is 5.73 Å².